The Labute approximate surface area is 35.9 Å². The molecule has 0 saturated heterocycles. The van der Waals surface area contributed by atoms with Crippen LogP contribution in [0.15, 0.2) is 0 Å². The minimum Gasteiger partial charge on any atom is -0.412 e. The largest absolute Gasteiger partial charge is 0.412 e. The van der Waals surface area contributed by atoms with Crippen LogP contribution in [0.1, 0.15) is 0 Å². The molecule has 0 rings (SSSR count). The summed E-state index contributed by atoms with van der Waals surface area (Å²) in [6, 6.07) is 0. The van der Waals surface area contributed by atoms with Crippen molar-refractivity contribution in [2.45, 2.75) is 6.18 Å². The normalized spacial score (nSPS) is 12.9. The van der Waals surface area contributed by atoms with Crippen LogP contribution in [0.3, 0.4) is 0 Å². The van der Waals surface area contributed by atoms with Crippen molar-refractivity contribution in [3.8, 4) is 0 Å². The van der Waals surface area contributed by atoms with E-state index in [2.05, 4.69) is 0 Å². The summed E-state index contributed by atoms with van der Waals surface area (Å²) in [5, 5.41) is 0. The van der Waals surface area contributed by atoms with Gasteiger partial charge in [-0.15, -0.1) is 0 Å². The van der Waals surface area contributed by atoms with Gasteiger partial charge in [0.2, 0.25) is 0 Å². The van der Waals surface area contributed by atoms with Crippen LogP contribution in [-0.2, 0) is 0 Å². The summed E-state index contributed by atoms with van der Waals surface area (Å²) in [4.78, 5) is 0. The molecule has 0 saturated carbocycles. The summed E-state index contributed by atoms with van der Waals surface area (Å²) in [7, 11) is 0. The SMILES string of the molecule is F[C-](F)C(F)(F)F. The second-order valence-corrected chi connectivity index (χ2v) is 0.758. The van der Waals surface area contributed by atoms with E-state index < -0.39 is 12.6 Å². The molecule has 0 N–H and O–H groups in total. The number of hydrogen-bond donors (Lipinski definition) is 0. The molecule has 0 aliphatic heterocycles. The standard InChI is InChI=1S/C2F5/c3-1(4)2(5,6)7/q-1. The molecule has 0 radical (unpaired) electrons. The fraction of sp³-hybridized carbons (Fsp3) is 0.500. The molecule has 0 spiro atoms. The number of hydrogen-bond acceptors (Lipinski definition) is 0. The molecular weight excluding hydrogens is 119 g/mol. The van der Waals surface area contributed by atoms with Crippen molar-refractivity contribution in [1.82, 2.24) is 0 Å². The fourth-order valence-electron chi connectivity index (χ4n) is 0. The Morgan fingerprint density at radius 2 is 1.14 bits per heavy atom. The predicted octanol–water partition coefficient (Wildman–Crippen LogP) is 1.98. The van der Waals surface area contributed by atoms with Gasteiger partial charge in [-0.3, -0.25) is 0 Å². The van der Waals surface area contributed by atoms with Crippen molar-refractivity contribution in [3.05, 3.63) is 6.43 Å². The molecular formula is C2F5-. The lowest BCUT2D eigenvalue weighted by Gasteiger charge is -2.14. The summed E-state index contributed by atoms with van der Waals surface area (Å²) in [5.41, 5.74) is 0. The third kappa shape index (κ3) is 2.36. The molecule has 5 heteroatoms. The first-order valence-electron chi connectivity index (χ1n) is 1.19. The third-order valence-corrected chi connectivity index (χ3v) is 0.214. The molecule has 0 aromatic heterocycles. The van der Waals surface area contributed by atoms with Crippen molar-refractivity contribution in [2.75, 3.05) is 0 Å². The minimum atomic E-state index is -5.42. The van der Waals surface area contributed by atoms with Gasteiger partial charge in [-0.1, -0.05) is 0 Å². The van der Waals surface area contributed by atoms with Gasteiger partial charge in [0, 0.05) is 0 Å². The Balaban J connectivity index is 3.54. The summed E-state index contributed by atoms with van der Waals surface area (Å²) >= 11 is 0. The number of halogens is 5. The molecule has 0 aliphatic carbocycles. The van der Waals surface area contributed by atoms with Gasteiger partial charge in [-0.2, -0.15) is 0 Å². The zero-order chi connectivity index (χ0) is 6.08. The quantitative estimate of drug-likeness (QED) is 0.337. The average molecular weight is 119 g/mol. The molecule has 44 valence electrons. The van der Waals surface area contributed by atoms with Crippen LogP contribution in [0.5, 0.6) is 0 Å². The van der Waals surface area contributed by atoms with Crippen molar-refractivity contribution in [3.63, 3.8) is 0 Å². The van der Waals surface area contributed by atoms with Crippen molar-refractivity contribution < 1.29 is 22.0 Å². The monoisotopic (exact) mass is 119 g/mol. The van der Waals surface area contributed by atoms with Gasteiger partial charge in [0.25, 0.3) is 0 Å². The van der Waals surface area contributed by atoms with E-state index in [1.165, 1.54) is 0 Å². The number of rotatable bonds is 0. The molecule has 0 fully saturated rings. The van der Waals surface area contributed by atoms with Crippen molar-refractivity contribution in [1.29, 1.82) is 0 Å². The van der Waals surface area contributed by atoms with E-state index in [1.54, 1.807) is 0 Å². The molecule has 0 aromatic carbocycles. The highest BCUT2D eigenvalue weighted by atomic mass is 19.4. The number of alkyl halides is 3. The van der Waals surface area contributed by atoms with Gasteiger partial charge in [0.1, 0.15) is 6.43 Å². The van der Waals surface area contributed by atoms with E-state index in [1.807, 2.05) is 0 Å². The van der Waals surface area contributed by atoms with E-state index in [-0.39, 0.29) is 0 Å². The molecule has 0 bridgehead atoms. The Morgan fingerprint density at radius 1 is 1.00 bits per heavy atom. The Morgan fingerprint density at radius 3 is 1.14 bits per heavy atom. The predicted molar refractivity (Wildman–Crippen MR) is 11.5 cm³/mol. The van der Waals surface area contributed by atoms with E-state index in [9.17, 15) is 22.0 Å². The maximum Gasteiger partial charge on any atom is 0.326 e. The first-order valence-corrected chi connectivity index (χ1v) is 1.19. The Bertz CT molecular complexity index is 51.6. The Hall–Kier alpha value is -0.350. The van der Waals surface area contributed by atoms with Gasteiger partial charge in [-0.25, -0.2) is 13.2 Å². The highest BCUT2D eigenvalue weighted by Crippen LogP contribution is 2.29. The Kier molecular flexibility index (Phi) is 1.55. The van der Waals surface area contributed by atoms with Crippen LogP contribution in [0.25, 0.3) is 0 Å². The molecule has 0 nitrogen and oxygen atoms in total. The smallest absolute Gasteiger partial charge is 0.326 e. The topological polar surface area (TPSA) is 0 Å². The zero-order valence-electron chi connectivity index (χ0n) is 2.89. The third-order valence-electron chi connectivity index (χ3n) is 0.214. The summed E-state index contributed by atoms with van der Waals surface area (Å²) in [6.07, 6.45) is -8.92. The van der Waals surface area contributed by atoms with Crippen molar-refractivity contribution >= 4 is 0 Å². The van der Waals surface area contributed by atoms with Crippen LogP contribution >= 0.6 is 0 Å². The van der Waals surface area contributed by atoms with Crippen LogP contribution in [-0.4, -0.2) is 6.18 Å². The van der Waals surface area contributed by atoms with Crippen molar-refractivity contribution in [2.24, 2.45) is 0 Å². The van der Waals surface area contributed by atoms with Crippen LogP contribution in [0, 0.1) is 6.43 Å². The van der Waals surface area contributed by atoms with E-state index in [0.29, 0.717) is 0 Å². The van der Waals surface area contributed by atoms with E-state index >= 15 is 0 Å². The first-order chi connectivity index (χ1) is 2.94. The molecule has 0 amide bonds. The zero-order valence-corrected chi connectivity index (χ0v) is 2.89. The lowest BCUT2D eigenvalue weighted by atomic mass is 10.7. The lowest BCUT2D eigenvalue weighted by molar-refractivity contribution is -0.165. The maximum absolute atomic E-state index is 10.4. The second-order valence-electron chi connectivity index (χ2n) is 0.758. The van der Waals surface area contributed by atoms with E-state index in [0.717, 1.165) is 0 Å². The van der Waals surface area contributed by atoms with Gasteiger partial charge in [0.15, 0.2) is 0 Å². The summed E-state index contributed by atoms with van der Waals surface area (Å²) < 4.78 is 51.8. The molecule has 7 heavy (non-hydrogen) atoms. The van der Waals surface area contributed by atoms with Gasteiger partial charge >= 0.3 is 6.18 Å². The molecule has 0 aliphatic rings. The highest BCUT2D eigenvalue weighted by Gasteiger charge is 2.26. The molecule has 0 heterocycles. The second kappa shape index (κ2) is 1.63. The van der Waals surface area contributed by atoms with Gasteiger partial charge in [0.05, 0.1) is 0 Å². The van der Waals surface area contributed by atoms with Gasteiger partial charge < -0.3 is 8.78 Å². The summed E-state index contributed by atoms with van der Waals surface area (Å²) in [5.74, 6) is 0. The molecule has 0 unspecified atom stereocenters. The lowest BCUT2D eigenvalue weighted by Crippen LogP contribution is -2.11. The highest BCUT2D eigenvalue weighted by molar-refractivity contribution is 4.69. The average Bonchev–Trinajstić information content (AvgIpc) is 1.31. The van der Waals surface area contributed by atoms with E-state index in [4.69, 9.17) is 0 Å². The minimum absolute atomic E-state index is 3.51. The summed E-state index contributed by atoms with van der Waals surface area (Å²) in [6.45, 7) is 0. The maximum atomic E-state index is 10.4. The van der Waals surface area contributed by atoms with Crippen LogP contribution in [0.4, 0.5) is 22.0 Å². The first kappa shape index (κ1) is 6.65. The van der Waals surface area contributed by atoms with Gasteiger partial charge in [-0.05, 0) is 0 Å². The van der Waals surface area contributed by atoms with Crippen LogP contribution < -0.4 is 0 Å². The van der Waals surface area contributed by atoms with Crippen LogP contribution in [0.2, 0.25) is 0 Å². The molecule has 0 aromatic rings. The molecule has 0 atom stereocenters. The fourth-order valence-corrected chi connectivity index (χ4v) is 0.